The maximum atomic E-state index is 6.43. The fraction of sp³-hybridized carbons (Fsp3) is 0.0600. The van der Waals surface area contributed by atoms with Gasteiger partial charge in [0.1, 0.15) is 46.6 Å². The average Bonchev–Trinajstić information content (AvgIpc) is 4.15. The van der Waals surface area contributed by atoms with Crippen molar-refractivity contribution in [1.82, 2.24) is 44.5 Å². The zero-order valence-electron chi connectivity index (χ0n) is 32.5. The van der Waals surface area contributed by atoms with Gasteiger partial charge in [0.25, 0.3) is 0 Å². The molecule has 0 saturated carbocycles. The van der Waals surface area contributed by atoms with Crippen molar-refractivity contribution < 1.29 is 8.83 Å². The summed E-state index contributed by atoms with van der Waals surface area (Å²) in [5.41, 5.74) is 10.8. The van der Waals surface area contributed by atoms with Crippen LogP contribution in [0.3, 0.4) is 0 Å². The Kier molecular flexibility index (Phi) is 8.08. The van der Waals surface area contributed by atoms with E-state index in [1.807, 2.05) is 76.0 Å². The molecule has 61 heavy (non-hydrogen) atoms. The fourth-order valence-corrected chi connectivity index (χ4v) is 8.58. The molecule has 0 bridgehead atoms. The Morgan fingerprint density at radius 3 is 1.75 bits per heavy atom. The zero-order valence-corrected chi connectivity index (χ0v) is 32.5. The number of fused-ring (bicyclic) bond motifs is 6. The molecular formula is C50H33N9O2. The summed E-state index contributed by atoms with van der Waals surface area (Å²) in [5, 5.41) is 22.1. The summed E-state index contributed by atoms with van der Waals surface area (Å²) in [6, 6.07) is 43.3. The van der Waals surface area contributed by atoms with Gasteiger partial charge in [-0.1, -0.05) is 42.5 Å². The molecule has 0 radical (unpaired) electrons. The lowest BCUT2D eigenvalue weighted by molar-refractivity contribution is 0.668. The van der Waals surface area contributed by atoms with Crippen LogP contribution in [-0.2, 0) is 6.42 Å². The monoisotopic (exact) mass is 791 g/mol. The van der Waals surface area contributed by atoms with Gasteiger partial charge in [0, 0.05) is 57.2 Å². The third-order valence-electron chi connectivity index (χ3n) is 11.5. The Morgan fingerprint density at radius 1 is 0.541 bits per heavy atom. The first-order valence-corrected chi connectivity index (χ1v) is 20.1. The molecule has 11 nitrogen and oxygen atoms in total. The second-order valence-corrected chi connectivity index (χ2v) is 15.3. The smallest absolute Gasteiger partial charge is 0.169 e. The Bertz CT molecular complexity index is 3490. The van der Waals surface area contributed by atoms with E-state index in [2.05, 4.69) is 114 Å². The number of benzene rings is 4. The summed E-state index contributed by atoms with van der Waals surface area (Å²) in [6.07, 6.45) is 14.6. The van der Waals surface area contributed by atoms with Crippen LogP contribution in [0.25, 0.3) is 77.9 Å². The molecule has 1 aliphatic carbocycles. The highest BCUT2D eigenvalue weighted by atomic mass is 16.3. The van der Waals surface area contributed by atoms with Crippen molar-refractivity contribution in [1.29, 1.82) is 0 Å². The molecule has 7 aromatic heterocycles. The van der Waals surface area contributed by atoms with E-state index in [9.17, 15) is 0 Å². The normalized spacial score (nSPS) is 14.3. The van der Waals surface area contributed by atoms with E-state index in [0.717, 1.165) is 89.9 Å². The van der Waals surface area contributed by atoms with Gasteiger partial charge in [-0.05, 0) is 132 Å². The van der Waals surface area contributed by atoms with Crippen LogP contribution < -0.4 is 0 Å². The standard InChI is InChI=1S/C50H33N9O2/c1-4-18-51-42(7-1)34-13-17-46-41(28-34)39-23-32(11-15-44(39)61-46)21-31-10-14-43-38(22-31)40-27-33(12-16-45(40)60-43)35-24-36(49-56-54-29-58(49)47-8-2-5-19-52-47)26-37(25-35)50-57-55-30-59(50)48-9-3-6-20-53-48/h1-20,22-24,26-30,35H,21,25H2. The highest BCUT2D eigenvalue weighted by Gasteiger charge is 2.26. The molecule has 11 heteroatoms. The Balaban J connectivity index is 0.915. The molecule has 11 aromatic rings. The molecule has 1 aliphatic rings. The molecule has 4 aromatic carbocycles. The van der Waals surface area contributed by atoms with Crippen LogP contribution in [0, 0.1) is 0 Å². The van der Waals surface area contributed by atoms with Gasteiger partial charge in [-0.25, -0.2) is 9.97 Å². The second kappa shape index (κ2) is 14.2. The molecule has 12 rings (SSSR count). The van der Waals surface area contributed by atoms with Gasteiger partial charge in [0.15, 0.2) is 11.6 Å². The average molecular weight is 792 g/mol. The van der Waals surface area contributed by atoms with E-state index in [1.54, 1.807) is 25.0 Å². The maximum Gasteiger partial charge on any atom is 0.169 e. The van der Waals surface area contributed by atoms with Gasteiger partial charge in [-0.15, -0.1) is 20.4 Å². The Hall–Kier alpha value is -8.31. The maximum absolute atomic E-state index is 6.43. The van der Waals surface area contributed by atoms with Crippen molar-refractivity contribution in [3.63, 3.8) is 0 Å². The minimum atomic E-state index is -0.0370. The second-order valence-electron chi connectivity index (χ2n) is 15.3. The molecule has 1 unspecified atom stereocenters. The molecule has 0 fully saturated rings. The molecule has 7 heterocycles. The summed E-state index contributed by atoms with van der Waals surface area (Å²) in [6.45, 7) is 0. The molecule has 0 amide bonds. The summed E-state index contributed by atoms with van der Waals surface area (Å²) in [7, 11) is 0. The van der Waals surface area contributed by atoms with Crippen molar-refractivity contribution in [2.75, 3.05) is 0 Å². The van der Waals surface area contributed by atoms with Crippen molar-refractivity contribution in [3.8, 4) is 22.9 Å². The lowest BCUT2D eigenvalue weighted by Gasteiger charge is -2.22. The predicted octanol–water partition coefficient (Wildman–Crippen LogP) is 10.7. The summed E-state index contributed by atoms with van der Waals surface area (Å²) in [5.74, 6) is 2.83. The minimum Gasteiger partial charge on any atom is -0.456 e. The van der Waals surface area contributed by atoms with Gasteiger partial charge >= 0.3 is 0 Å². The van der Waals surface area contributed by atoms with Crippen LogP contribution >= 0.6 is 0 Å². The van der Waals surface area contributed by atoms with Crippen LogP contribution in [0.2, 0.25) is 0 Å². The highest BCUT2D eigenvalue weighted by molar-refractivity contribution is 6.07. The lowest BCUT2D eigenvalue weighted by Crippen LogP contribution is -2.10. The summed E-state index contributed by atoms with van der Waals surface area (Å²) in [4.78, 5) is 13.7. The first-order chi connectivity index (χ1) is 30.2. The van der Waals surface area contributed by atoms with Crippen LogP contribution in [0.5, 0.6) is 0 Å². The SMILES string of the molecule is C1=C(c2nncn2-c2ccccn2)C=C(c2nncn2-c2ccccn2)CC1c1ccc2oc3ccc(Cc4ccc5oc6ccc(-c7ccccn7)cc6c5c4)cc3c2c1. The molecular weight excluding hydrogens is 759 g/mol. The van der Waals surface area contributed by atoms with Gasteiger partial charge in [0.05, 0.1) is 5.69 Å². The summed E-state index contributed by atoms with van der Waals surface area (Å²) >= 11 is 0. The topological polar surface area (TPSA) is 126 Å². The molecule has 0 saturated heterocycles. The lowest BCUT2D eigenvalue weighted by atomic mass is 9.84. The molecule has 0 aliphatic heterocycles. The van der Waals surface area contributed by atoms with Gasteiger partial charge in [0.2, 0.25) is 0 Å². The molecule has 290 valence electrons. The largest absolute Gasteiger partial charge is 0.456 e. The van der Waals surface area contributed by atoms with Gasteiger partial charge in [-0.2, -0.15) is 0 Å². The minimum absolute atomic E-state index is 0.0370. The molecule has 1 atom stereocenters. The quantitative estimate of drug-likeness (QED) is 0.148. The van der Waals surface area contributed by atoms with Crippen molar-refractivity contribution in [3.05, 3.63) is 199 Å². The van der Waals surface area contributed by atoms with E-state index >= 15 is 0 Å². The van der Waals surface area contributed by atoms with E-state index in [-0.39, 0.29) is 5.92 Å². The fourth-order valence-electron chi connectivity index (χ4n) is 8.58. The van der Waals surface area contributed by atoms with E-state index in [4.69, 9.17) is 8.83 Å². The molecule has 0 N–H and O–H groups in total. The number of allylic oxidation sites excluding steroid dienone is 4. The van der Waals surface area contributed by atoms with Crippen molar-refractivity contribution in [2.45, 2.75) is 18.8 Å². The first kappa shape index (κ1) is 34.7. The number of nitrogens with zero attached hydrogens (tertiary/aromatic N) is 9. The Morgan fingerprint density at radius 2 is 1.11 bits per heavy atom. The van der Waals surface area contributed by atoms with Crippen LogP contribution in [0.4, 0.5) is 0 Å². The Labute approximate surface area is 348 Å². The predicted molar refractivity (Wildman–Crippen MR) is 235 cm³/mol. The van der Waals surface area contributed by atoms with Crippen molar-refractivity contribution in [2.24, 2.45) is 0 Å². The number of hydrogen-bond acceptors (Lipinski definition) is 9. The number of hydrogen-bond donors (Lipinski definition) is 0. The van der Waals surface area contributed by atoms with Gasteiger partial charge < -0.3 is 8.83 Å². The number of rotatable bonds is 8. The van der Waals surface area contributed by atoms with E-state index in [1.165, 1.54) is 11.1 Å². The highest BCUT2D eigenvalue weighted by Crippen LogP contribution is 2.41. The third-order valence-corrected chi connectivity index (χ3v) is 11.5. The number of pyridine rings is 3. The van der Waals surface area contributed by atoms with Gasteiger partial charge in [-0.3, -0.25) is 14.1 Å². The number of aromatic nitrogens is 9. The zero-order chi connectivity index (χ0) is 40.3. The van der Waals surface area contributed by atoms with E-state index in [0.29, 0.717) is 18.1 Å². The van der Waals surface area contributed by atoms with Crippen LogP contribution in [0.1, 0.15) is 40.7 Å². The van der Waals surface area contributed by atoms with Crippen LogP contribution in [-0.4, -0.2) is 44.5 Å². The first-order valence-electron chi connectivity index (χ1n) is 20.1. The van der Waals surface area contributed by atoms with E-state index < -0.39 is 0 Å². The van der Waals surface area contributed by atoms with Crippen LogP contribution in [0.15, 0.2) is 180 Å². The summed E-state index contributed by atoms with van der Waals surface area (Å²) < 4.78 is 16.5. The van der Waals surface area contributed by atoms with Crippen molar-refractivity contribution >= 4 is 55.0 Å². The number of furan rings is 2. The third kappa shape index (κ3) is 6.18. The molecule has 0 spiro atoms.